The second-order valence-electron chi connectivity index (χ2n) is 3.57. The van der Waals surface area contributed by atoms with Crippen LogP contribution in [0.25, 0.3) is 0 Å². The molecule has 0 aliphatic heterocycles. The van der Waals surface area contributed by atoms with Crippen LogP contribution in [0.3, 0.4) is 0 Å². The van der Waals surface area contributed by atoms with E-state index < -0.39 is 52.6 Å². The molecule has 0 aromatic carbocycles. The van der Waals surface area contributed by atoms with E-state index in [0.29, 0.717) is 0 Å². The van der Waals surface area contributed by atoms with Crippen LogP contribution in [-0.4, -0.2) is 38.2 Å². The molecule has 0 fully saturated rings. The van der Waals surface area contributed by atoms with Gasteiger partial charge in [0, 0.05) is 6.20 Å². The van der Waals surface area contributed by atoms with Gasteiger partial charge < -0.3 is 0 Å². The Labute approximate surface area is 114 Å². The van der Waals surface area contributed by atoms with Crippen molar-refractivity contribution in [3.05, 3.63) is 27.9 Å². The molecular formula is C8H8N4O6S2. The Hall–Kier alpha value is -2.10. The van der Waals surface area contributed by atoms with Gasteiger partial charge in [0.15, 0.2) is 0 Å². The van der Waals surface area contributed by atoms with Gasteiger partial charge in [0.05, 0.1) is 16.4 Å². The molecule has 10 nitrogen and oxygen atoms in total. The molecule has 1 aromatic rings. The summed E-state index contributed by atoms with van der Waals surface area (Å²) in [6.45, 7) is 0. The maximum absolute atomic E-state index is 11.9. The van der Waals surface area contributed by atoms with Crippen molar-refractivity contribution in [2.45, 2.75) is 5.03 Å². The lowest BCUT2D eigenvalue weighted by molar-refractivity contribution is -0.388. The first kappa shape index (κ1) is 16.0. The van der Waals surface area contributed by atoms with Crippen molar-refractivity contribution in [3.8, 4) is 6.07 Å². The Bertz CT molecular complexity index is 793. The standard InChI is InChI=1S/C8H8N4O6S2/c9-5-6-1-2-11-8(7(6)12(13)14)19(15,16)3-4-20(10,17)18/h1-2H,3-4H2,(H2,10,17,18). The van der Waals surface area contributed by atoms with Gasteiger partial charge in [-0.25, -0.2) is 27.0 Å². The van der Waals surface area contributed by atoms with Gasteiger partial charge in [-0.05, 0) is 6.07 Å². The molecular weight excluding hydrogens is 312 g/mol. The highest BCUT2D eigenvalue weighted by Crippen LogP contribution is 2.26. The fraction of sp³-hybridized carbons (Fsp3) is 0.250. The number of hydrogen-bond donors (Lipinski definition) is 1. The number of nitro groups is 1. The third-order valence-electron chi connectivity index (χ3n) is 2.12. The van der Waals surface area contributed by atoms with Crippen LogP contribution in [0.2, 0.25) is 0 Å². The van der Waals surface area contributed by atoms with Gasteiger partial charge >= 0.3 is 5.69 Å². The quantitative estimate of drug-likeness (QED) is 0.526. The summed E-state index contributed by atoms with van der Waals surface area (Å²) < 4.78 is 45.3. The van der Waals surface area contributed by atoms with Crippen molar-refractivity contribution in [2.75, 3.05) is 11.5 Å². The van der Waals surface area contributed by atoms with Crippen LogP contribution in [0.5, 0.6) is 0 Å². The summed E-state index contributed by atoms with van der Waals surface area (Å²) in [7, 11) is -8.42. The number of nitrogens with zero attached hydrogens (tertiary/aromatic N) is 3. The number of rotatable bonds is 5. The summed E-state index contributed by atoms with van der Waals surface area (Å²) in [6.07, 6.45) is 0.912. The molecule has 0 aliphatic carbocycles. The number of nitriles is 1. The predicted octanol–water partition coefficient (Wildman–Crippen LogP) is -1.08. The van der Waals surface area contributed by atoms with Crippen molar-refractivity contribution >= 4 is 25.5 Å². The first-order chi connectivity index (χ1) is 9.08. The minimum atomic E-state index is -4.36. The minimum absolute atomic E-state index is 0.487. The zero-order valence-electron chi connectivity index (χ0n) is 9.75. The van der Waals surface area contributed by atoms with Gasteiger partial charge in [0.25, 0.3) is 0 Å². The van der Waals surface area contributed by atoms with E-state index in [-0.39, 0.29) is 0 Å². The number of pyridine rings is 1. The second-order valence-corrected chi connectivity index (χ2v) is 7.33. The molecule has 0 saturated carbocycles. The minimum Gasteiger partial charge on any atom is -0.258 e. The van der Waals surface area contributed by atoms with Crippen LogP contribution < -0.4 is 5.14 Å². The van der Waals surface area contributed by atoms with E-state index in [2.05, 4.69) is 10.1 Å². The molecule has 0 aliphatic rings. The summed E-state index contributed by atoms with van der Waals surface area (Å²) in [5.74, 6) is -1.88. The second kappa shape index (κ2) is 5.49. The summed E-state index contributed by atoms with van der Waals surface area (Å²) >= 11 is 0. The van der Waals surface area contributed by atoms with Crippen molar-refractivity contribution in [1.29, 1.82) is 5.26 Å². The third-order valence-corrected chi connectivity index (χ3v) is 4.79. The maximum atomic E-state index is 11.9. The lowest BCUT2D eigenvalue weighted by Crippen LogP contribution is -2.24. The van der Waals surface area contributed by atoms with Crippen LogP contribution in [0.1, 0.15) is 5.56 Å². The van der Waals surface area contributed by atoms with E-state index in [9.17, 15) is 26.9 Å². The first-order valence-corrected chi connectivity index (χ1v) is 8.22. The molecule has 0 bridgehead atoms. The van der Waals surface area contributed by atoms with Gasteiger partial charge in [0.1, 0.15) is 11.6 Å². The van der Waals surface area contributed by atoms with Crippen LogP contribution in [0.4, 0.5) is 5.69 Å². The van der Waals surface area contributed by atoms with Crippen molar-refractivity contribution in [3.63, 3.8) is 0 Å². The molecule has 0 atom stereocenters. The molecule has 0 unspecified atom stereocenters. The number of sulfone groups is 1. The fourth-order valence-electron chi connectivity index (χ4n) is 1.25. The Balaban J connectivity index is 3.40. The lowest BCUT2D eigenvalue weighted by Gasteiger charge is -2.04. The van der Waals surface area contributed by atoms with Crippen molar-refractivity contribution in [1.82, 2.24) is 4.98 Å². The molecule has 1 heterocycles. The topological polar surface area (TPSA) is 174 Å². The summed E-state index contributed by atoms with van der Waals surface area (Å²) in [5, 5.41) is 23.3. The van der Waals surface area contributed by atoms with E-state index in [0.717, 1.165) is 12.3 Å². The molecule has 108 valence electrons. The monoisotopic (exact) mass is 320 g/mol. The van der Waals surface area contributed by atoms with Crippen molar-refractivity contribution in [2.24, 2.45) is 5.14 Å². The van der Waals surface area contributed by atoms with E-state index in [1.165, 1.54) is 6.07 Å². The smallest absolute Gasteiger partial charge is 0.258 e. The molecule has 0 saturated heterocycles. The molecule has 0 spiro atoms. The van der Waals surface area contributed by atoms with Gasteiger partial charge in [-0.3, -0.25) is 10.1 Å². The Morgan fingerprint density at radius 2 is 1.95 bits per heavy atom. The predicted molar refractivity (Wildman–Crippen MR) is 65.6 cm³/mol. The molecule has 12 heteroatoms. The van der Waals surface area contributed by atoms with Gasteiger partial charge in [-0.1, -0.05) is 0 Å². The number of sulfonamides is 1. The fourth-order valence-corrected chi connectivity index (χ4v) is 3.95. The largest absolute Gasteiger partial charge is 0.324 e. The molecule has 0 radical (unpaired) electrons. The first-order valence-electron chi connectivity index (χ1n) is 4.85. The third kappa shape index (κ3) is 3.70. The zero-order chi connectivity index (χ0) is 15.6. The number of hydrogen-bond acceptors (Lipinski definition) is 8. The zero-order valence-corrected chi connectivity index (χ0v) is 11.4. The van der Waals surface area contributed by atoms with Gasteiger partial charge in [0.2, 0.25) is 24.9 Å². The van der Waals surface area contributed by atoms with Crippen LogP contribution in [-0.2, 0) is 19.9 Å². The molecule has 20 heavy (non-hydrogen) atoms. The maximum Gasteiger partial charge on any atom is 0.324 e. The van der Waals surface area contributed by atoms with E-state index in [1.54, 1.807) is 0 Å². The van der Waals surface area contributed by atoms with Gasteiger partial charge in [-0.15, -0.1) is 0 Å². The Morgan fingerprint density at radius 3 is 2.40 bits per heavy atom. The molecule has 0 amide bonds. The molecule has 2 N–H and O–H groups in total. The molecule has 1 rings (SSSR count). The van der Waals surface area contributed by atoms with Crippen LogP contribution >= 0.6 is 0 Å². The van der Waals surface area contributed by atoms with E-state index >= 15 is 0 Å². The number of nitrogens with two attached hydrogens (primary N) is 1. The normalized spacial score (nSPS) is 11.8. The van der Waals surface area contributed by atoms with Gasteiger partial charge in [-0.2, -0.15) is 5.26 Å². The highest BCUT2D eigenvalue weighted by atomic mass is 32.2. The lowest BCUT2D eigenvalue weighted by atomic mass is 10.2. The average molecular weight is 320 g/mol. The summed E-state index contributed by atoms with van der Waals surface area (Å²) in [5.41, 5.74) is -1.47. The molecule has 1 aromatic heterocycles. The summed E-state index contributed by atoms with van der Waals surface area (Å²) in [4.78, 5) is 13.2. The number of primary sulfonamides is 1. The van der Waals surface area contributed by atoms with Crippen LogP contribution in [0, 0.1) is 21.4 Å². The van der Waals surface area contributed by atoms with E-state index in [4.69, 9.17) is 5.26 Å². The SMILES string of the molecule is N#Cc1ccnc(S(=O)(=O)CCS(N)(=O)=O)c1[N+](=O)[O-]. The number of aromatic nitrogens is 1. The van der Waals surface area contributed by atoms with Crippen molar-refractivity contribution < 1.29 is 21.8 Å². The summed E-state index contributed by atoms with van der Waals surface area (Å²) in [6, 6.07) is 2.46. The average Bonchev–Trinajstić information content (AvgIpc) is 2.34. The highest BCUT2D eigenvalue weighted by molar-refractivity contribution is 7.94. The van der Waals surface area contributed by atoms with Crippen LogP contribution in [0.15, 0.2) is 17.3 Å². The Morgan fingerprint density at radius 1 is 1.35 bits per heavy atom. The van der Waals surface area contributed by atoms with E-state index in [1.807, 2.05) is 0 Å². The highest BCUT2D eigenvalue weighted by Gasteiger charge is 2.31. The Kier molecular flexibility index (Phi) is 4.38.